The number of ether oxygens (including phenoxy) is 1. The minimum Gasteiger partial charge on any atom is -0.467 e. The molecule has 0 aromatic heterocycles. The molecule has 1 rings (SSSR count). The third-order valence-electron chi connectivity index (χ3n) is 2.76. The molecule has 1 heterocycles. The van der Waals surface area contributed by atoms with Crippen LogP contribution in [0.25, 0.3) is 0 Å². The highest BCUT2D eigenvalue weighted by molar-refractivity contribution is 6.18. The molecule has 7 heteroatoms. The van der Waals surface area contributed by atoms with E-state index in [-0.39, 0.29) is 25.3 Å². The van der Waals surface area contributed by atoms with Gasteiger partial charge in [-0.3, -0.25) is 4.90 Å². The van der Waals surface area contributed by atoms with Crippen LogP contribution in [0.3, 0.4) is 0 Å². The van der Waals surface area contributed by atoms with Crippen LogP contribution in [0, 0.1) is 0 Å². The normalized spacial score (nSPS) is 29.2. The average molecular weight is 254 g/mol. The van der Waals surface area contributed by atoms with Crippen molar-refractivity contribution >= 4 is 23.7 Å². The largest absolute Gasteiger partial charge is 0.467 e. The lowest BCUT2D eigenvalue weighted by Crippen LogP contribution is -2.53. The van der Waals surface area contributed by atoms with E-state index in [4.69, 9.17) is 16.7 Å². The number of nitrogens with zero attached hydrogens (tertiary/aromatic N) is 1. The van der Waals surface area contributed by atoms with Gasteiger partial charge in [0.2, 0.25) is 0 Å². The number of hydrogen-bond donors (Lipinski definition) is 1. The Kier molecular flexibility index (Phi) is 3.96. The highest BCUT2D eigenvalue weighted by Crippen LogP contribution is 2.35. The Hall–Kier alpha value is -1.04. The minimum absolute atomic E-state index is 0.0496. The van der Waals surface area contributed by atoms with Crippen molar-refractivity contribution < 1.29 is 23.8 Å². The van der Waals surface area contributed by atoms with Crippen molar-refractivity contribution in [1.29, 1.82) is 0 Å². The number of carboxylic acid groups (broad SMARTS) is 1. The second-order valence-electron chi connectivity index (χ2n) is 3.66. The fraction of sp³-hybridized carbons (Fsp3) is 0.778. The number of likely N-dealkylation sites (tertiary alicyclic amines) is 1. The molecule has 0 bridgehead atoms. The second-order valence-corrected chi connectivity index (χ2v) is 4.03. The van der Waals surface area contributed by atoms with Crippen molar-refractivity contribution in [2.75, 3.05) is 19.5 Å². The van der Waals surface area contributed by atoms with E-state index < -0.39 is 23.8 Å². The second kappa shape index (κ2) is 4.86. The van der Waals surface area contributed by atoms with Crippen LogP contribution in [0.2, 0.25) is 0 Å². The molecular weight excluding hydrogens is 241 g/mol. The summed E-state index contributed by atoms with van der Waals surface area (Å²) in [5.74, 6) is -0.693. The molecule has 0 spiro atoms. The van der Waals surface area contributed by atoms with Gasteiger partial charge in [-0.05, 0) is 6.42 Å². The number of halogens is 2. The van der Waals surface area contributed by atoms with Crippen molar-refractivity contribution in [2.45, 2.75) is 24.6 Å². The first kappa shape index (κ1) is 13.0. The number of rotatable bonds is 3. The van der Waals surface area contributed by atoms with Crippen LogP contribution in [0.15, 0.2) is 0 Å². The van der Waals surface area contributed by atoms with Gasteiger partial charge < -0.3 is 9.84 Å². The van der Waals surface area contributed by atoms with Gasteiger partial charge in [0, 0.05) is 12.3 Å². The third kappa shape index (κ3) is 2.07. The quantitative estimate of drug-likeness (QED) is 0.607. The van der Waals surface area contributed by atoms with Crippen LogP contribution in [0.1, 0.15) is 12.8 Å². The molecule has 1 aliphatic rings. The highest BCUT2D eigenvalue weighted by atomic mass is 35.5. The lowest BCUT2D eigenvalue weighted by atomic mass is 9.92. The maximum atomic E-state index is 13.3. The molecule has 92 valence electrons. The van der Waals surface area contributed by atoms with Crippen molar-refractivity contribution in [3.8, 4) is 0 Å². The molecule has 0 aromatic rings. The molecule has 0 radical (unpaired) electrons. The molecule has 1 amide bonds. The van der Waals surface area contributed by atoms with Gasteiger partial charge in [0.05, 0.1) is 13.7 Å². The summed E-state index contributed by atoms with van der Waals surface area (Å²) in [5.41, 5.74) is -1.47. The molecule has 16 heavy (non-hydrogen) atoms. The van der Waals surface area contributed by atoms with Crippen molar-refractivity contribution in [2.24, 2.45) is 0 Å². The predicted molar refractivity (Wildman–Crippen MR) is 54.3 cm³/mol. The summed E-state index contributed by atoms with van der Waals surface area (Å²) < 4.78 is 17.8. The summed E-state index contributed by atoms with van der Waals surface area (Å²) in [5, 5.41) is 8.95. The fourth-order valence-corrected chi connectivity index (χ4v) is 2.37. The van der Waals surface area contributed by atoms with E-state index in [2.05, 4.69) is 4.74 Å². The first-order chi connectivity index (χ1) is 7.47. The first-order valence-electron chi connectivity index (χ1n) is 4.77. The van der Waals surface area contributed by atoms with Crippen LogP contribution < -0.4 is 0 Å². The van der Waals surface area contributed by atoms with E-state index in [0.717, 1.165) is 12.0 Å². The van der Waals surface area contributed by atoms with Crippen LogP contribution in [-0.4, -0.2) is 53.3 Å². The van der Waals surface area contributed by atoms with E-state index in [1.165, 1.54) is 0 Å². The van der Waals surface area contributed by atoms with Crippen LogP contribution in [0.4, 0.5) is 9.18 Å². The maximum Gasteiger partial charge on any atom is 0.408 e. The van der Waals surface area contributed by atoms with E-state index >= 15 is 0 Å². The summed E-state index contributed by atoms with van der Waals surface area (Å²) in [6.45, 7) is -0.318. The molecule has 1 N–H and O–H groups in total. The molecule has 1 saturated heterocycles. The zero-order chi connectivity index (χ0) is 12.3. The Morgan fingerprint density at radius 2 is 2.31 bits per heavy atom. The predicted octanol–water partition coefficient (Wildman–Crippen LogP) is 1.25. The molecule has 0 aromatic carbocycles. The van der Waals surface area contributed by atoms with E-state index in [1.54, 1.807) is 0 Å². The first-order valence-corrected chi connectivity index (χ1v) is 5.30. The molecule has 1 aliphatic heterocycles. The van der Waals surface area contributed by atoms with Gasteiger partial charge in [-0.15, -0.1) is 11.6 Å². The molecule has 1 fully saturated rings. The van der Waals surface area contributed by atoms with Crippen LogP contribution in [-0.2, 0) is 9.53 Å². The molecular formula is C9H13ClFNO4. The van der Waals surface area contributed by atoms with Gasteiger partial charge in [0.15, 0.2) is 0 Å². The van der Waals surface area contributed by atoms with Gasteiger partial charge in [0.25, 0.3) is 0 Å². The summed E-state index contributed by atoms with van der Waals surface area (Å²) in [6, 6.07) is 0. The summed E-state index contributed by atoms with van der Waals surface area (Å²) >= 11 is 5.54. The lowest BCUT2D eigenvalue weighted by Gasteiger charge is -2.32. The number of carbonyl (C=O) groups excluding carboxylic acids is 1. The van der Waals surface area contributed by atoms with Gasteiger partial charge in [-0.2, -0.15) is 0 Å². The Balaban J connectivity index is 3.05. The van der Waals surface area contributed by atoms with Crippen molar-refractivity contribution in [3.05, 3.63) is 0 Å². The average Bonchev–Trinajstić information content (AvgIpc) is 2.56. The Morgan fingerprint density at radius 3 is 2.75 bits per heavy atom. The standard InChI is InChI=1S/C9H13ClFNO4/c1-16-7(13)9(2-3-10)4-6(11)5-12(9)8(14)15/h6H,2-5H2,1H3,(H,14,15)/t6-,9?/m1/s1. The molecule has 5 nitrogen and oxygen atoms in total. The van der Waals surface area contributed by atoms with Crippen molar-refractivity contribution in [3.63, 3.8) is 0 Å². The van der Waals surface area contributed by atoms with Gasteiger partial charge in [-0.25, -0.2) is 14.0 Å². The Morgan fingerprint density at radius 1 is 1.69 bits per heavy atom. The van der Waals surface area contributed by atoms with Gasteiger partial charge in [-0.1, -0.05) is 0 Å². The lowest BCUT2D eigenvalue weighted by molar-refractivity contribution is -0.152. The van der Waals surface area contributed by atoms with Gasteiger partial charge >= 0.3 is 12.1 Å². The van der Waals surface area contributed by atoms with Crippen molar-refractivity contribution in [1.82, 2.24) is 4.90 Å². The summed E-state index contributed by atoms with van der Waals surface area (Å²) in [4.78, 5) is 23.4. The zero-order valence-corrected chi connectivity index (χ0v) is 9.54. The van der Waals surface area contributed by atoms with Gasteiger partial charge in [0.1, 0.15) is 11.7 Å². The number of methoxy groups -OCH3 is 1. The Bertz CT molecular complexity index is 301. The summed E-state index contributed by atoms with van der Waals surface area (Å²) in [6.07, 6.45) is -2.85. The zero-order valence-electron chi connectivity index (χ0n) is 8.78. The molecule has 0 saturated carbocycles. The number of hydrogen-bond acceptors (Lipinski definition) is 3. The summed E-state index contributed by atoms with van der Waals surface area (Å²) in [7, 11) is 1.14. The molecule has 0 aliphatic carbocycles. The minimum atomic E-state index is -1.47. The molecule has 2 atom stereocenters. The monoisotopic (exact) mass is 253 g/mol. The SMILES string of the molecule is COC(=O)C1(CCCl)C[C@@H](F)CN1C(=O)O. The highest BCUT2D eigenvalue weighted by Gasteiger charge is 2.54. The number of amides is 1. The number of carbonyl (C=O) groups is 2. The van der Waals surface area contributed by atoms with E-state index in [9.17, 15) is 14.0 Å². The number of esters is 1. The number of alkyl halides is 2. The molecule has 1 unspecified atom stereocenters. The maximum absolute atomic E-state index is 13.3. The Labute approximate surface area is 97.1 Å². The topological polar surface area (TPSA) is 66.8 Å². The third-order valence-corrected chi connectivity index (χ3v) is 2.95. The van der Waals surface area contributed by atoms with E-state index in [0.29, 0.717) is 0 Å². The fourth-order valence-electron chi connectivity index (χ4n) is 2.05. The smallest absolute Gasteiger partial charge is 0.408 e. The van der Waals surface area contributed by atoms with E-state index in [1.807, 2.05) is 0 Å². The van der Waals surface area contributed by atoms with Crippen LogP contribution in [0.5, 0.6) is 0 Å². The van der Waals surface area contributed by atoms with Crippen LogP contribution >= 0.6 is 11.6 Å².